The van der Waals surface area contributed by atoms with Crippen LogP contribution in [0.1, 0.15) is 28.8 Å². The quantitative estimate of drug-likeness (QED) is 0.530. The third-order valence-electron chi connectivity index (χ3n) is 4.58. The molecule has 0 amide bonds. The highest BCUT2D eigenvalue weighted by Gasteiger charge is 2.31. The molecule has 141 valence electrons. The summed E-state index contributed by atoms with van der Waals surface area (Å²) in [6.07, 6.45) is 1.70. The third kappa shape index (κ3) is 4.03. The zero-order valence-electron chi connectivity index (χ0n) is 14.5. The van der Waals surface area contributed by atoms with E-state index in [1.165, 1.54) is 6.07 Å². The summed E-state index contributed by atoms with van der Waals surface area (Å²) in [4.78, 5) is 4.77. The molecule has 0 bridgehead atoms. The van der Waals surface area contributed by atoms with Crippen LogP contribution in [0, 0.1) is 18.1 Å². The second-order valence-corrected chi connectivity index (χ2v) is 7.38. The molecule has 3 aromatic rings. The number of nitrogens with one attached hydrogen (secondary N) is 1. The Morgan fingerprint density at radius 1 is 0.786 bits per heavy atom. The lowest BCUT2D eigenvalue weighted by Gasteiger charge is -2.20. The summed E-state index contributed by atoms with van der Waals surface area (Å²) < 4.78 is 26.7. The molecule has 0 aliphatic carbocycles. The molecule has 1 N–H and O–H groups in total. The Bertz CT molecular complexity index is 1020. The van der Waals surface area contributed by atoms with Crippen molar-refractivity contribution in [2.45, 2.75) is 12.1 Å². The molecule has 28 heavy (non-hydrogen) atoms. The average molecular weight is 416 g/mol. The van der Waals surface area contributed by atoms with Gasteiger partial charge in [-0.2, -0.15) is 0 Å². The van der Waals surface area contributed by atoms with Crippen molar-refractivity contribution in [3.63, 3.8) is 0 Å². The van der Waals surface area contributed by atoms with Gasteiger partial charge in [0.05, 0.1) is 12.5 Å². The Morgan fingerprint density at radius 3 is 2.00 bits per heavy atom. The van der Waals surface area contributed by atoms with E-state index < -0.39 is 11.6 Å². The second-order valence-electron chi connectivity index (χ2n) is 6.50. The van der Waals surface area contributed by atoms with Crippen LogP contribution >= 0.6 is 23.2 Å². The van der Waals surface area contributed by atoms with Gasteiger partial charge in [0.1, 0.15) is 11.9 Å². The number of hydrogen-bond donors (Lipinski definition) is 1. The van der Waals surface area contributed by atoms with Crippen molar-refractivity contribution in [3.05, 3.63) is 112 Å². The van der Waals surface area contributed by atoms with Crippen LogP contribution in [0.25, 0.3) is 0 Å². The van der Waals surface area contributed by atoms with Crippen LogP contribution in [0.3, 0.4) is 0 Å². The third-order valence-corrected chi connectivity index (χ3v) is 5.09. The monoisotopic (exact) mass is 415 g/mol. The van der Waals surface area contributed by atoms with Crippen LogP contribution in [0.15, 0.2) is 71.7 Å². The smallest absolute Gasteiger partial charge is 0.159 e. The summed E-state index contributed by atoms with van der Waals surface area (Å²) in [6, 6.07) is 18.5. The van der Waals surface area contributed by atoms with Crippen LogP contribution in [-0.2, 0) is 0 Å². The van der Waals surface area contributed by atoms with Gasteiger partial charge in [0.15, 0.2) is 11.6 Å². The SMILES string of the molecule is Fc1ccc([CH]C2=N[C@H](c3ccc(Cl)cc3)[C@H](c3ccc(Cl)cc3)N2)cc1F. The maximum absolute atomic E-state index is 13.5. The highest BCUT2D eigenvalue weighted by Crippen LogP contribution is 2.37. The van der Waals surface area contributed by atoms with Crippen LogP contribution in [0.5, 0.6) is 0 Å². The van der Waals surface area contributed by atoms with Crippen LogP contribution in [0.4, 0.5) is 8.78 Å². The predicted molar refractivity (Wildman–Crippen MR) is 109 cm³/mol. The Labute approximate surface area is 171 Å². The molecule has 3 aromatic carbocycles. The molecule has 2 atom stereocenters. The fraction of sp³-hybridized carbons (Fsp3) is 0.0909. The van der Waals surface area contributed by atoms with E-state index in [2.05, 4.69) is 5.32 Å². The number of hydrogen-bond acceptors (Lipinski definition) is 2. The van der Waals surface area contributed by atoms with Gasteiger partial charge in [-0.25, -0.2) is 8.78 Å². The minimum Gasteiger partial charge on any atom is -0.364 e. The maximum Gasteiger partial charge on any atom is 0.159 e. The highest BCUT2D eigenvalue weighted by atomic mass is 35.5. The fourth-order valence-electron chi connectivity index (χ4n) is 3.20. The first-order valence-electron chi connectivity index (χ1n) is 8.65. The van der Waals surface area contributed by atoms with Crippen molar-refractivity contribution in [1.29, 1.82) is 0 Å². The first kappa shape index (κ1) is 18.9. The van der Waals surface area contributed by atoms with Crippen molar-refractivity contribution in [3.8, 4) is 0 Å². The predicted octanol–water partition coefficient (Wildman–Crippen LogP) is 6.31. The zero-order chi connectivity index (χ0) is 19.7. The van der Waals surface area contributed by atoms with Gasteiger partial charge in [0.2, 0.25) is 0 Å². The molecule has 0 unspecified atom stereocenters. The van der Waals surface area contributed by atoms with Gasteiger partial charge in [-0.05, 0) is 53.1 Å². The van der Waals surface area contributed by atoms with Gasteiger partial charge in [-0.15, -0.1) is 0 Å². The van der Waals surface area contributed by atoms with E-state index >= 15 is 0 Å². The molecule has 1 radical (unpaired) electrons. The zero-order valence-corrected chi connectivity index (χ0v) is 16.1. The Balaban J connectivity index is 1.65. The van der Waals surface area contributed by atoms with Gasteiger partial charge in [0, 0.05) is 10.0 Å². The summed E-state index contributed by atoms with van der Waals surface area (Å²) in [5.74, 6) is -1.18. The maximum atomic E-state index is 13.5. The number of aliphatic imine (C=N–C) groups is 1. The Kier molecular flexibility index (Phi) is 5.33. The number of nitrogens with zero attached hydrogens (tertiary/aromatic N) is 1. The van der Waals surface area contributed by atoms with Crippen molar-refractivity contribution >= 4 is 29.0 Å². The lowest BCUT2D eigenvalue weighted by atomic mass is 9.95. The molecular weight excluding hydrogens is 401 g/mol. The number of halogens is 4. The van der Waals surface area contributed by atoms with E-state index in [0.29, 0.717) is 21.4 Å². The highest BCUT2D eigenvalue weighted by molar-refractivity contribution is 6.30. The summed E-state index contributed by atoms with van der Waals surface area (Å²) >= 11 is 12.0. The molecular formula is C22H15Cl2F2N2. The molecule has 0 saturated heterocycles. The Morgan fingerprint density at radius 2 is 1.39 bits per heavy atom. The van der Waals surface area contributed by atoms with E-state index in [4.69, 9.17) is 28.2 Å². The molecule has 0 spiro atoms. The molecule has 1 aliphatic heterocycles. The first-order valence-corrected chi connectivity index (χ1v) is 9.40. The molecule has 6 heteroatoms. The van der Waals surface area contributed by atoms with E-state index in [-0.39, 0.29) is 12.1 Å². The van der Waals surface area contributed by atoms with Crippen molar-refractivity contribution < 1.29 is 8.78 Å². The molecule has 0 aromatic heterocycles. The van der Waals surface area contributed by atoms with Crippen molar-refractivity contribution in [2.24, 2.45) is 4.99 Å². The molecule has 4 rings (SSSR count). The van der Waals surface area contributed by atoms with Gasteiger partial charge >= 0.3 is 0 Å². The summed E-state index contributed by atoms with van der Waals surface area (Å²) in [5.41, 5.74) is 2.53. The topological polar surface area (TPSA) is 24.4 Å². The number of benzene rings is 3. The minimum atomic E-state index is -0.893. The van der Waals surface area contributed by atoms with Crippen molar-refractivity contribution in [1.82, 2.24) is 5.32 Å². The van der Waals surface area contributed by atoms with E-state index in [9.17, 15) is 8.78 Å². The molecule has 1 heterocycles. The van der Waals surface area contributed by atoms with Crippen LogP contribution in [0.2, 0.25) is 10.0 Å². The van der Waals surface area contributed by atoms with Gasteiger partial charge in [0.25, 0.3) is 0 Å². The van der Waals surface area contributed by atoms with Gasteiger partial charge in [-0.3, -0.25) is 4.99 Å². The van der Waals surface area contributed by atoms with Gasteiger partial charge in [-0.1, -0.05) is 53.5 Å². The van der Waals surface area contributed by atoms with Crippen LogP contribution < -0.4 is 5.32 Å². The summed E-state index contributed by atoms with van der Waals surface area (Å²) in [5, 5.41) is 4.68. The summed E-state index contributed by atoms with van der Waals surface area (Å²) in [6.45, 7) is 0. The normalized spacial score (nSPS) is 18.6. The van der Waals surface area contributed by atoms with Gasteiger partial charge < -0.3 is 5.32 Å². The van der Waals surface area contributed by atoms with E-state index in [0.717, 1.165) is 23.3 Å². The molecule has 1 aliphatic rings. The summed E-state index contributed by atoms with van der Waals surface area (Å²) in [7, 11) is 0. The van der Waals surface area contributed by atoms with Crippen LogP contribution in [-0.4, -0.2) is 5.84 Å². The van der Waals surface area contributed by atoms with E-state index in [1.54, 1.807) is 6.42 Å². The van der Waals surface area contributed by atoms with E-state index in [1.807, 2.05) is 48.5 Å². The molecule has 0 saturated carbocycles. The average Bonchev–Trinajstić information content (AvgIpc) is 3.09. The fourth-order valence-corrected chi connectivity index (χ4v) is 3.45. The largest absolute Gasteiger partial charge is 0.364 e. The molecule has 2 nitrogen and oxygen atoms in total. The standard InChI is InChI=1S/C22H15Cl2F2N2/c23-16-6-2-14(3-7-16)21-22(15-4-8-17(24)9-5-15)28-20(27-21)12-13-1-10-18(25)19(26)11-13/h1-12,21-22H,(H,27,28)/t21-,22+. The second kappa shape index (κ2) is 7.90. The lowest BCUT2D eigenvalue weighted by Crippen LogP contribution is -2.24. The number of amidine groups is 1. The minimum absolute atomic E-state index is 0.130. The lowest BCUT2D eigenvalue weighted by molar-refractivity contribution is 0.508. The Hall–Kier alpha value is -2.43. The first-order chi connectivity index (χ1) is 13.5. The number of rotatable bonds is 4. The van der Waals surface area contributed by atoms with Crippen molar-refractivity contribution in [2.75, 3.05) is 0 Å². The molecule has 0 fully saturated rings.